The van der Waals surface area contributed by atoms with E-state index in [0.717, 1.165) is 31.8 Å². The number of rotatable bonds is 5. The molecule has 1 N–H and O–H groups in total. The Bertz CT molecular complexity index is 502. The first-order chi connectivity index (χ1) is 10.1. The molecule has 0 aliphatic heterocycles. The van der Waals surface area contributed by atoms with Gasteiger partial charge in [-0.15, -0.1) is 24.0 Å². The highest BCUT2D eigenvalue weighted by atomic mass is 127. The van der Waals surface area contributed by atoms with Crippen molar-refractivity contribution in [3.63, 3.8) is 0 Å². The third kappa shape index (κ3) is 4.54. The molecule has 22 heavy (non-hydrogen) atoms. The van der Waals surface area contributed by atoms with Crippen molar-refractivity contribution >= 4 is 29.9 Å². The monoisotopic (exact) mass is 423 g/mol. The van der Waals surface area contributed by atoms with E-state index in [4.69, 9.17) is 0 Å². The molecule has 2 unspecified atom stereocenters. The zero-order valence-corrected chi connectivity index (χ0v) is 15.6. The molecule has 0 heterocycles. The number of hydrogen-bond donors (Lipinski definition) is 1. The molecule has 2 rings (SSSR count). The van der Waals surface area contributed by atoms with Crippen LogP contribution in [0.1, 0.15) is 37.7 Å². The van der Waals surface area contributed by atoms with Gasteiger partial charge in [0.05, 0.1) is 0 Å². The average molecular weight is 423 g/mol. The number of nitrogens with one attached hydrogen (secondary N) is 1. The fourth-order valence-corrected chi connectivity index (χ4v) is 2.55. The molecule has 124 valence electrons. The summed E-state index contributed by atoms with van der Waals surface area (Å²) < 4.78 is 27.5. The number of hydrogen-bond acceptors (Lipinski definition) is 1. The van der Waals surface area contributed by atoms with Gasteiger partial charge in [0.2, 0.25) is 0 Å². The van der Waals surface area contributed by atoms with Gasteiger partial charge in [-0.2, -0.15) is 0 Å². The molecule has 0 saturated heterocycles. The van der Waals surface area contributed by atoms with Crippen molar-refractivity contribution in [1.29, 1.82) is 0 Å². The van der Waals surface area contributed by atoms with Crippen LogP contribution in [0, 0.1) is 11.6 Å². The molecule has 0 spiro atoms. The lowest BCUT2D eigenvalue weighted by Gasteiger charge is -2.22. The van der Waals surface area contributed by atoms with Crippen LogP contribution in [0.5, 0.6) is 0 Å². The molecule has 1 aromatic rings. The standard InChI is InChI=1S/C16H23F2N3.HI/c1-4-5-9-21(3)16(19-2)20-14-10-11(14)15-12(17)7-6-8-13(15)18;/h6-8,11,14H,4-5,9-10H2,1-3H3,(H,19,20);1H. The normalized spacial score (nSPS) is 20.3. The van der Waals surface area contributed by atoms with E-state index >= 15 is 0 Å². The third-order valence-corrected chi connectivity index (χ3v) is 3.90. The number of unbranched alkanes of at least 4 members (excludes halogenated alkanes) is 1. The average Bonchev–Trinajstić information content (AvgIpc) is 3.21. The maximum Gasteiger partial charge on any atom is 0.193 e. The molecule has 2 atom stereocenters. The summed E-state index contributed by atoms with van der Waals surface area (Å²) in [5, 5.41) is 3.29. The fourth-order valence-electron chi connectivity index (χ4n) is 2.55. The number of halogens is 3. The highest BCUT2D eigenvalue weighted by Crippen LogP contribution is 2.43. The van der Waals surface area contributed by atoms with Crippen LogP contribution in [0.2, 0.25) is 0 Å². The summed E-state index contributed by atoms with van der Waals surface area (Å²) in [7, 11) is 3.71. The Labute approximate surface area is 148 Å². The molecular formula is C16H24F2IN3. The van der Waals surface area contributed by atoms with Crippen molar-refractivity contribution < 1.29 is 8.78 Å². The Kier molecular flexibility index (Phi) is 7.52. The zero-order valence-electron chi connectivity index (χ0n) is 13.3. The van der Waals surface area contributed by atoms with Crippen LogP contribution < -0.4 is 5.32 Å². The molecule has 0 aromatic heterocycles. The maximum absolute atomic E-state index is 13.8. The molecule has 3 nitrogen and oxygen atoms in total. The molecule has 1 aliphatic carbocycles. The molecule has 1 aromatic carbocycles. The van der Waals surface area contributed by atoms with E-state index in [1.165, 1.54) is 18.2 Å². The van der Waals surface area contributed by atoms with Crippen LogP contribution in [0.3, 0.4) is 0 Å². The molecule has 6 heteroatoms. The van der Waals surface area contributed by atoms with Gasteiger partial charge in [-0.25, -0.2) is 8.78 Å². The topological polar surface area (TPSA) is 27.6 Å². The summed E-state index contributed by atoms with van der Waals surface area (Å²) in [6.45, 7) is 3.06. The van der Waals surface area contributed by atoms with Gasteiger partial charge in [0, 0.05) is 38.2 Å². The predicted octanol–water partition coefficient (Wildman–Crippen LogP) is 3.75. The zero-order chi connectivity index (χ0) is 15.4. The van der Waals surface area contributed by atoms with Gasteiger partial charge in [0.15, 0.2) is 5.96 Å². The second-order valence-corrected chi connectivity index (χ2v) is 5.55. The van der Waals surface area contributed by atoms with E-state index in [-0.39, 0.29) is 41.5 Å². The number of guanidine groups is 1. The second kappa shape index (κ2) is 8.64. The van der Waals surface area contributed by atoms with Gasteiger partial charge in [-0.1, -0.05) is 19.4 Å². The van der Waals surface area contributed by atoms with Crippen LogP contribution in [-0.4, -0.2) is 37.5 Å². The molecule has 0 bridgehead atoms. The number of benzene rings is 1. The van der Waals surface area contributed by atoms with Crippen molar-refractivity contribution in [3.8, 4) is 0 Å². The first-order valence-corrected chi connectivity index (χ1v) is 7.46. The SMILES string of the molecule is CCCCN(C)C(=NC)NC1CC1c1c(F)cccc1F.I. The van der Waals surface area contributed by atoms with Crippen LogP contribution in [0.25, 0.3) is 0 Å². The van der Waals surface area contributed by atoms with Crippen molar-refractivity contribution in [2.45, 2.75) is 38.1 Å². The summed E-state index contributed by atoms with van der Waals surface area (Å²) in [6, 6.07) is 4.08. The fraction of sp³-hybridized carbons (Fsp3) is 0.562. The van der Waals surface area contributed by atoms with E-state index in [2.05, 4.69) is 22.1 Å². The first kappa shape index (κ1) is 19.1. The number of aliphatic imine (C=N–C) groups is 1. The minimum absolute atomic E-state index is 0. The van der Waals surface area contributed by atoms with Crippen LogP contribution >= 0.6 is 24.0 Å². The largest absolute Gasteiger partial charge is 0.353 e. The Morgan fingerprint density at radius 1 is 1.36 bits per heavy atom. The minimum atomic E-state index is -0.460. The van der Waals surface area contributed by atoms with Gasteiger partial charge < -0.3 is 10.2 Å². The Balaban J connectivity index is 0.00000242. The summed E-state index contributed by atoms with van der Waals surface area (Å²) >= 11 is 0. The first-order valence-electron chi connectivity index (χ1n) is 7.46. The van der Waals surface area contributed by atoms with E-state index in [9.17, 15) is 8.78 Å². The second-order valence-electron chi connectivity index (χ2n) is 5.55. The Hall–Kier alpha value is -0.920. The van der Waals surface area contributed by atoms with E-state index in [0.29, 0.717) is 0 Å². The molecular weight excluding hydrogens is 399 g/mol. The van der Waals surface area contributed by atoms with Crippen LogP contribution in [0.4, 0.5) is 8.78 Å². The molecule has 1 saturated carbocycles. The van der Waals surface area contributed by atoms with Crippen molar-refractivity contribution in [2.24, 2.45) is 4.99 Å². The third-order valence-electron chi connectivity index (χ3n) is 3.90. The Morgan fingerprint density at radius 2 is 2.00 bits per heavy atom. The molecule has 0 radical (unpaired) electrons. The van der Waals surface area contributed by atoms with E-state index in [1.807, 2.05) is 7.05 Å². The smallest absolute Gasteiger partial charge is 0.193 e. The van der Waals surface area contributed by atoms with Gasteiger partial charge in [-0.3, -0.25) is 4.99 Å². The summed E-state index contributed by atoms with van der Waals surface area (Å²) in [4.78, 5) is 6.29. The lowest BCUT2D eigenvalue weighted by molar-refractivity contribution is 0.463. The summed E-state index contributed by atoms with van der Waals surface area (Å²) in [5.74, 6) is -0.243. The van der Waals surface area contributed by atoms with Gasteiger partial charge in [-0.05, 0) is 25.0 Å². The molecule has 1 aliphatic rings. The highest BCUT2D eigenvalue weighted by Gasteiger charge is 2.42. The maximum atomic E-state index is 13.8. The summed E-state index contributed by atoms with van der Waals surface area (Å²) in [6.07, 6.45) is 2.94. The van der Waals surface area contributed by atoms with Crippen molar-refractivity contribution in [1.82, 2.24) is 10.2 Å². The summed E-state index contributed by atoms with van der Waals surface area (Å²) in [5.41, 5.74) is 0.196. The van der Waals surface area contributed by atoms with Crippen LogP contribution in [0.15, 0.2) is 23.2 Å². The lowest BCUT2D eigenvalue weighted by Crippen LogP contribution is -2.40. The van der Waals surface area contributed by atoms with Gasteiger partial charge >= 0.3 is 0 Å². The van der Waals surface area contributed by atoms with Gasteiger partial charge in [0.1, 0.15) is 11.6 Å². The number of nitrogens with zero attached hydrogens (tertiary/aromatic N) is 2. The van der Waals surface area contributed by atoms with E-state index in [1.54, 1.807) is 7.05 Å². The quantitative estimate of drug-likeness (QED) is 0.444. The Morgan fingerprint density at radius 3 is 2.55 bits per heavy atom. The molecule has 0 amide bonds. The van der Waals surface area contributed by atoms with Crippen LogP contribution in [-0.2, 0) is 0 Å². The highest BCUT2D eigenvalue weighted by molar-refractivity contribution is 14.0. The molecule has 1 fully saturated rings. The minimum Gasteiger partial charge on any atom is -0.353 e. The van der Waals surface area contributed by atoms with Crippen molar-refractivity contribution in [2.75, 3.05) is 20.6 Å². The van der Waals surface area contributed by atoms with Crippen molar-refractivity contribution in [3.05, 3.63) is 35.4 Å². The predicted molar refractivity (Wildman–Crippen MR) is 97.0 cm³/mol. The van der Waals surface area contributed by atoms with Gasteiger partial charge in [0.25, 0.3) is 0 Å². The lowest BCUT2D eigenvalue weighted by atomic mass is 10.1. The van der Waals surface area contributed by atoms with E-state index < -0.39 is 11.6 Å².